The maximum absolute atomic E-state index is 12.4. The third-order valence-electron chi connectivity index (χ3n) is 4.01. The molecule has 0 aromatic heterocycles. The standard InChI is InChI=1S/C18H19ClN2O5S/c1-21(2)27(23,24)17-10-13(4-5-14(17)19)18(22)20-11-12-3-6-15-16(9-12)26-8-7-25-15/h3-6,9-10H,7-8,11H2,1-2H3,(H,20,22). The third-order valence-corrected chi connectivity index (χ3v) is 6.31. The smallest absolute Gasteiger partial charge is 0.251 e. The van der Waals surface area contributed by atoms with Gasteiger partial charge in [-0.15, -0.1) is 0 Å². The lowest BCUT2D eigenvalue weighted by Gasteiger charge is -2.19. The largest absolute Gasteiger partial charge is 0.486 e. The van der Waals surface area contributed by atoms with Crippen molar-refractivity contribution in [2.24, 2.45) is 0 Å². The first-order chi connectivity index (χ1) is 12.8. The van der Waals surface area contributed by atoms with Gasteiger partial charge in [0, 0.05) is 26.2 Å². The summed E-state index contributed by atoms with van der Waals surface area (Å²) in [5.74, 6) is 0.906. The molecule has 9 heteroatoms. The summed E-state index contributed by atoms with van der Waals surface area (Å²) in [6.07, 6.45) is 0. The Morgan fingerprint density at radius 3 is 2.52 bits per heavy atom. The predicted octanol–water partition coefficient (Wildman–Crippen LogP) is 2.29. The van der Waals surface area contributed by atoms with Crippen LogP contribution in [0.4, 0.5) is 0 Å². The van der Waals surface area contributed by atoms with E-state index in [4.69, 9.17) is 21.1 Å². The topological polar surface area (TPSA) is 84.9 Å². The highest BCUT2D eigenvalue weighted by molar-refractivity contribution is 7.89. The van der Waals surface area contributed by atoms with Crippen molar-refractivity contribution in [2.45, 2.75) is 11.4 Å². The molecule has 144 valence electrons. The Balaban J connectivity index is 1.75. The van der Waals surface area contributed by atoms with Crippen LogP contribution in [-0.4, -0.2) is 45.9 Å². The van der Waals surface area contributed by atoms with Crippen LogP contribution in [0.25, 0.3) is 0 Å². The Bertz CT molecular complexity index is 976. The van der Waals surface area contributed by atoms with Crippen LogP contribution >= 0.6 is 11.6 Å². The first-order valence-corrected chi connectivity index (χ1v) is 9.99. The van der Waals surface area contributed by atoms with E-state index in [0.29, 0.717) is 24.7 Å². The van der Waals surface area contributed by atoms with E-state index >= 15 is 0 Å². The number of nitrogens with one attached hydrogen (secondary N) is 1. The molecule has 0 unspecified atom stereocenters. The molecule has 2 aromatic carbocycles. The van der Waals surface area contributed by atoms with E-state index < -0.39 is 15.9 Å². The van der Waals surface area contributed by atoms with E-state index in [-0.39, 0.29) is 22.0 Å². The number of benzene rings is 2. The van der Waals surface area contributed by atoms with Gasteiger partial charge < -0.3 is 14.8 Å². The first-order valence-electron chi connectivity index (χ1n) is 8.18. The Morgan fingerprint density at radius 1 is 1.11 bits per heavy atom. The van der Waals surface area contributed by atoms with Gasteiger partial charge in [0.05, 0.1) is 5.02 Å². The molecule has 27 heavy (non-hydrogen) atoms. The summed E-state index contributed by atoms with van der Waals surface area (Å²) in [7, 11) is -0.944. The number of hydrogen-bond donors (Lipinski definition) is 1. The van der Waals surface area contributed by atoms with Gasteiger partial charge in [-0.05, 0) is 35.9 Å². The van der Waals surface area contributed by atoms with Crippen LogP contribution in [-0.2, 0) is 16.6 Å². The number of rotatable bonds is 5. The molecule has 1 aliphatic rings. The molecular formula is C18H19ClN2O5S. The minimum absolute atomic E-state index is 0.0621. The summed E-state index contributed by atoms with van der Waals surface area (Å²) < 4.78 is 36.7. The number of sulfonamides is 1. The second kappa shape index (κ2) is 7.75. The van der Waals surface area contributed by atoms with Gasteiger partial charge in [0.2, 0.25) is 10.0 Å². The highest BCUT2D eigenvalue weighted by Gasteiger charge is 2.22. The average molecular weight is 411 g/mol. The quantitative estimate of drug-likeness (QED) is 0.817. The van der Waals surface area contributed by atoms with Crippen LogP contribution in [0.2, 0.25) is 5.02 Å². The molecule has 0 saturated heterocycles. The van der Waals surface area contributed by atoms with Crippen LogP contribution in [0.15, 0.2) is 41.3 Å². The zero-order valence-electron chi connectivity index (χ0n) is 14.9. The number of amides is 1. The average Bonchev–Trinajstić information content (AvgIpc) is 2.66. The minimum atomic E-state index is -3.75. The second-order valence-corrected chi connectivity index (χ2v) is 8.62. The molecule has 1 heterocycles. The molecule has 0 spiro atoms. The van der Waals surface area contributed by atoms with Crippen LogP contribution in [0, 0.1) is 0 Å². The summed E-state index contributed by atoms with van der Waals surface area (Å²) in [6.45, 7) is 1.25. The van der Waals surface area contributed by atoms with Crippen LogP contribution < -0.4 is 14.8 Å². The number of nitrogens with zero attached hydrogens (tertiary/aromatic N) is 1. The molecule has 1 amide bonds. The molecule has 0 fully saturated rings. The van der Waals surface area contributed by atoms with Crippen molar-refractivity contribution in [3.05, 3.63) is 52.5 Å². The minimum Gasteiger partial charge on any atom is -0.486 e. The highest BCUT2D eigenvalue weighted by Crippen LogP contribution is 2.30. The number of ether oxygens (including phenoxy) is 2. The molecule has 0 radical (unpaired) electrons. The molecule has 1 aliphatic heterocycles. The van der Waals surface area contributed by atoms with Gasteiger partial charge in [0.25, 0.3) is 5.91 Å². The molecule has 0 atom stereocenters. The fraction of sp³-hybridized carbons (Fsp3) is 0.278. The van der Waals surface area contributed by atoms with Crippen LogP contribution in [0.1, 0.15) is 15.9 Å². The van der Waals surface area contributed by atoms with E-state index in [1.165, 1.54) is 32.3 Å². The summed E-state index contributed by atoms with van der Waals surface area (Å²) in [6, 6.07) is 9.58. The lowest BCUT2D eigenvalue weighted by molar-refractivity contribution is 0.0950. The van der Waals surface area contributed by atoms with Crippen molar-refractivity contribution in [3.63, 3.8) is 0 Å². The van der Waals surface area contributed by atoms with Gasteiger partial charge in [-0.3, -0.25) is 4.79 Å². The van der Waals surface area contributed by atoms with Crippen molar-refractivity contribution >= 4 is 27.5 Å². The van der Waals surface area contributed by atoms with Crippen molar-refractivity contribution in [3.8, 4) is 11.5 Å². The van der Waals surface area contributed by atoms with Gasteiger partial charge in [-0.25, -0.2) is 12.7 Å². The number of carbonyl (C=O) groups excluding carboxylic acids is 1. The molecule has 3 rings (SSSR count). The molecular weight excluding hydrogens is 392 g/mol. The SMILES string of the molecule is CN(C)S(=O)(=O)c1cc(C(=O)NCc2ccc3c(c2)OCCO3)ccc1Cl. The van der Waals surface area contributed by atoms with E-state index in [2.05, 4.69) is 5.32 Å². The number of carbonyl (C=O) groups is 1. The van der Waals surface area contributed by atoms with Crippen molar-refractivity contribution < 1.29 is 22.7 Å². The summed E-state index contributed by atoms with van der Waals surface area (Å²) >= 11 is 6.01. The molecule has 0 bridgehead atoms. The molecule has 0 saturated carbocycles. The number of halogens is 1. The fourth-order valence-electron chi connectivity index (χ4n) is 2.52. The van der Waals surface area contributed by atoms with Gasteiger partial charge in [-0.2, -0.15) is 0 Å². The fourth-order valence-corrected chi connectivity index (χ4v) is 3.91. The van der Waals surface area contributed by atoms with Gasteiger partial charge in [0.1, 0.15) is 18.1 Å². The Hall–Kier alpha value is -2.29. The molecule has 7 nitrogen and oxygen atoms in total. The maximum Gasteiger partial charge on any atom is 0.251 e. The lowest BCUT2D eigenvalue weighted by Crippen LogP contribution is -2.25. The van der Waals surface area contributed by atoms with E-state index in [9.17, 15) is 13.2 Å². The van der Waals surface area contributed by atoms with E-state index in [1.54, 1.807) is 12.1 Å². The number of fused-ring (bicyclic) bond motifs is 1. The van der Waals surface area contributed by atoms with Gasteiger partial charge in [0.15, 0.2) is 11.5 Å². The maximum atomic E-state index is 12.4. The van der Waals surface area contributed by atoms with Crippen molar-refractivity contribution in [2.75, 3.05) is 27.3 Å². The summed E-state index contributed by atoms with van der Waals surface area (Å²) in [4.78, 5) is 12.3. The normalized spacial score (nSPS) is 13.5. The molecule has 1 N–H and O–H groups in total. The van der Waals surface area contributed by atoms with E-state index in [0.717, 1.165) is 9.87 Å². The van der Waals surface area contributed by atoms with Crippen LogP contribution in [0.3, 0.4) is 0 Å². The molecule has 0 aliphatic carbocycles. The Morgan fingerprint density at radius 2 is 1.81 bits per heavy atom. The Labute approximate surface area is 162 Å². The van der Waals surface area contributed by atoms with E-state index in [1.807, 2.05) is 6.07 Å². The molecule has 2 aromatic rings. The summed E-state index contributed by atoms with van der Waals surface area (Å²) in [5.41, 5.74) is 1.04. The lowest BCUT2D eigenvalue weighted by atomic mass is 10.1. The van der Waals surface area contributed by atoms with Crippen LogP contribution in [0.5, 0.6) is 11.5 Å². The van der Waals surface area contributed by atoms with Gasteiger partial charge >= 0.3 is 0 Å². The Kier molecular flexibility index (Phi) is 5.59. The third kappa shape index (κ3) is 4.18. The predicted molar refractivity (Wildman–Crippen MR) is 101 cm³/mol. The zero-order valence-corrected chi connectivity index (χ0v) is 16.4. The summed E-state index contributed by atoms with van der Waals surface area (Å²) in [5, 5.41) is 2.82. The van der Waals surface area contributed by atoms with Gasteiger partial charge in [-0.1, -0.05) is 17.7 Å². The highest BCUT2D eigenvalue weighted by atomic mass is 35.5. The van der Waals surface area contributed by atoms with Crippen molar-refractivity contribution in [1.82, 2.24) is 9.62 Å². The number of hydrogen-bond acceptors (Lipinski definition) is 5. The first kappa shape index (κ1) is 19.5. The van der Waals surface area contributed by atoms with Crippen molar-refractivity contribution in [1.29, 1.82) is 0 Å². The monoisotopic (exact) mass is 410 g/mol. The zero-order chi connectivity index (χ0) is 19.6. The second-order valence-electron chi connectivity index (χ2n) is 6.09.